The minimum atomic E-state index is 0.469. The van der Waals surface area contributed by atoms with Gasteiger partial charge >= 0.3 is 0 Å². The molecule has 0 saturated carbocycles. The Labute approximate surface area is 83.9 Å². The van der Waals surface area contributed by atoms with Gasteiger partial charge in [0.05, 0.1) is 14.2 Å². The summed E-state index contributed by atoms with van der Waals surface area (Å²) in [7, 11) is 3.21. The summed E-state index contributed by atoms with van der Waals surface area (Å²) in [5.74, 6) is 2.13. The molecule has 3 heteroatoms. The van der Waals surface area contributed by atoms with Gasteiger partial charge in [0.2, 0.25) is 0 Å². The average Bonchev–Trinajstić information content (AvgIpc) is 2.25. The highest BCUT2D eigenvalue weighted by Crippen LogP contribution is 2.27. The fourth-order valence-corrected chi connectivity index (χ4v) is 1.02. The Hall–Kier alpha value is -1.64. The lowest BCUT2D eigenvalue weighted by atomic mass is 10.3. The van der Waals surface area contributed by atoms with Gasteiger partial charge in [-0.2, -0.15) is 0 Å². The first kappa shape index (κ1) is 10.4. The van der Waals surface area contributed by atoms with Gasteiger partial charge in [-0.05, 0) is 0 Å². The van der Waals surface area contributed by atoms with Crippen molar-refractivity contribution >= 4 is 0 Å². The lowest BCUT2D eigenvalue weighted by molar-refractivity contribution is 0.349. The van der Waals surface area contributed by atoms with Crippen molar-refractivity contribution in [1.29, 1.82) is 0 Å². The second-order valence-corrected chi connectivity index (χ2v) is 2.65. The SMILES string of the molecule is C=CCOc1cc(OC)cc(OC)c1. The molecule has 0 bridgehead atoms. The third kappa shape index (κ3) is 2.69. The van der Waals surface area contributed by atoms with E-state index in [9.17, 15) is 0 Å². The summed E-state index contributed by atoms with van der Waals surface area (Å²) in [4.78, 5) is 0. The van der Waals surface area contributed by atoms with Crippen LogP contribution >= 0.6 is 0 Å². The monoisotopic (exact) mass is 194 g/mol. The molecule has 1 aromatic rings. The molecule has 1 aromatic carbocycles. The van der Waals surface area contributed by atoms with Gasteiger partial charge in [0.25, 0.3) is 0 Å². The second-order valence-electron chi connectivity index (χ2n) is 2.65. The third-order valence-electron chi connectivity index (χ3n) is 1.69. The van der Waals surface area contributed by atoms with Crippen molar-refractivity contribution in [3.63, 3.8) is 0 Å². The van der Waals surface area contributed by atoms with E-state index < -0.39 is 0 Å². The van der Waals surface area contributed by atoms with Gasteiger partial charge in [-0.1, -0.05) is 12.7 Å². The lowest BCUT2D eigenvalue weighted by Crippen LogP contribution is -1.94. The van der Waals surface area contributed by atoms with Crippen molar-refractivity contribution in [3.8, 4) is 17.2 Å². The number of hydrogen-bond donors (Lipinski definition) is 0. The van der Waals surface area contributed by atoms with Crippen LogP contribution in [0.1, 0.15) is 0 Å². The summed E-state index contributed by atoms with van der Waals surface area (Å²) in [5.41, 5.74) is 0. The topological polar surface area (TPSA) is 27.7 Å². The van der Waals surface area contributed by atoms with Crippen molar-refractivity contribution in [2.75, 3.05) is 20.8 Å². The van der Waals surface area contributed by atoms with Gasteiger partial charge in [0.15, 0.2) is 0 Å². The van der Waals surface area contributed by atoms with Crippen LogP contribution in [0.3, 0.4) is 0 Å². The molecule has 0 aliphatic rings. The van der Waals surface area contributed by atoms with Crippen molar-refractivity contribution in [1.82, 2.24) is 0 Å². The Morgan fingerprint density at radius 2 is 1.57 bits per heavy atom. The maximum atomic E-state index is 5.36. The molecular formula is C11H14O3. The third-order valence-corrected chi connectivity index (χ3v) is 1.69. The Bertz CT molecular complexity index is 285. The van der Waals surface area contributed by atoms with E-state index >= 15 is 0 Å². The molecule has 0 fully saturated rings. The molecule has 0 aliphatic carbocycles. The highest BCUT2D eigenvalue weighted by molar-refractivity contribution is 5.42. The fourth-order valence-electron chi connectivity index (χ4n) is 1.02. The Kier molecular flexibility index (Phi) is 3.85. The van der Waals surface area contributed by atoms with Crippen LogP contribution in [0, 0.1) is 0 Å². The number of benzene rings is 1. The number of methoxy groups -OCH3 is 2. The molecule has 0 atom stereocenters. The molecule has 0 heterocycles. The molecule has 0 aliphatic heterocycles. The molecule has 0 amide bonds. The van der Waals surface area contributed by atoms with Gasteiger partial charge in [-0.15, -0.1) is 0 Å². The van der Waals surface area contributed by atoms with E-state index in [1.54, 1.807) is 38.5 Å². The van der Waals surface area contributed by atoms with E-state index in [2.05, 4.69) is 6.58 Å². The molecule has 0 spiro atoms. The molecule has 3 nitrogen and oxygen atoms in total. The molecule has 0 aromatic heterocycles. The van der Waals surface area contributed by atoms with Gasteiger partial charge in [-0.3, -0.25) is 0 Å². The first-order valence-electron chi connectivity index (χ1n) is 4.27. The van der Waals surface area contributed by atoms with Gasteiger partial charge < -0.3 is 14.2 Å². The summed E-state index contributed by atoms with van der Waals surface area (Å²) in [6.45, 7) is 4.04. The minimum Gasteiger partial charge on any atom is -0.496 e. The summed E-state index contributed by atoms with van der Waals surface area (Å²) >= 11 is 0. The van der Waals surface area contributed by atoms with Crippen LogP contribution in [0.2, 0.25) is 0 Å². The predicted octanol–water partition coefficient (Wildman–Crippen LogP) is 2.27. The minimum absolute atomic E-state index is 0.469. The Morgan fingerprint density at radius 3 is 2.00 bits per heavy atom. The highest BCUT2D eigenvalue weighted by atomic mass is 16.5. The molecule has 0 saturated heterocycles. The van der Waals surface area contributed by atoms with Crippen LogP contribution in [-0.4, -0.2) is 20.8 Å². The van der Waals surface area contributed by atoms with Crippen molar-refractivity contribution < 1.29 is 14.2 Å². The maximum absolute atomic E-state index is 5.36. The van der Waals surface area contributed by atoms with E-state index in [4.69, 9.17) is 14.2 Å². The Balaban J connectivity index is 2.86. The van der Waals surface area contributed by atoms with Crippen LogP contribution < -0.4 is 14.2 Å². The zero-order chi connectivity index (χ0) is 10.4. The fraction of sp³-hybridized carbons (Fsp3) is 0.273. The van der Waals surface area contributed by atoms with Crippen molar-refractivity contribution in [2.45, 2.75) is 0 Å². The molecular weight excluding hydrogens is 180 g/mol. The van der Waals surface area contributed by atoms with Crippen LogP contribution in [0.5, 0.6) is 17.2 Å². The summed E-state index contributed by atoms with van der Waals surface area (Å²) < 4.78 is 15.5. The lowest BCUT2D eigenvalue weighted by Gasteiger charge is -2.08. The molecule has 0 N–H and O–H groups in total. The quantitative estimate of drug-likeness (QED) is 0.673. The summed E-state index contributed by atoms with van der Waals surface area (Å²) in [6, 6.07) is 5.39. The molecule has 14 heavy (non-hydrogen) atoms. The standard InChI is InChI=1S/C11H14O3/c1-4-5-14-11-7-9(12-2)6-10(8-11)13-3/h4,6-8H,1,5H2,2-3H3. The van der Waals surface area contributed by atoms with Crippen LogP contribution in [-0.2, 0) is 0 Å². The van der Waals surface area contributed by atoms with Gasteiger partial charge in [-0.25, -0.2) is 0 Å². The van der Waals surface area contributed by atoms with Gasteiger partial charge in [0, 0.05) is 18.2 Å². The number of ether oxygens (including phenoxy) is 3. The zero-order valence-corrected chi connectivity index (χ0v) is 8.45. The van der Waals surface area contributed by atoms with E-state index in [0.29, 0.717) is 23.9 Å². The number of hydrogen-bond acceptors (Lipinski definition) is 3. The van der Waals surface area contributed by atoms with E-state index in [1.807, 2.05) is 0 Å². The van der Waals surface area contributed by atoms with Crippen molar-refractivity contribution in [2.24, 2.45) is 0 Å². The van der Waals surface area contributed by atoms with Crippen molar-refractivity contribution in [3.05, 3.63) is 30.9 Å². The molecule has 1 rings (SSSR count). The second kappa shape index (κ2) is 5.17. The summed E-state index contributed by atoms with van der Waals surface area (Å²) in [6.07, 6.45) is 1.69. The highest BCUT2D eigenvalue weighted by Gasteiger charge is 2.01. The zero-order valence-electron chi connectivity index (χ0n) is 8.45. The van der Waals surface area contributed by atoms with Crippen LogP contribution in [0.4, 0.5) is 0 Å². The van der Waals surface area contributed by atoms with E-state index in [-0.39, 0.29) is 0 Å². The first-order chi connectivity index (χ1) is 6.80. The Morgan fingerprint density at radius 1 is 1.07 bits per heavy atom. The molecule has 0 unspecified atom stereocenters. The van der Waals surface area contributed by atoms with Gasteiger partial charge in [0.1, 0.15) is 23.9 Å². The maximum Gasteiger partial charge on any atom is 0.127 e. The summed E-state index contributed by atoms with van der Waals surface area (Å²) in [5, 5.41) is 0. The predicted molar refractivity (Wildman–Crippen MR) is 55.2 cm³/mol. The normalized spacial score (nSPS) is 9.29. The molecule has 76 valence electrons. The van der Waals surface area contributed by atoms with E-state index in [0.717, 1.165) is 0 Å². The van der Waals surface area contributed by atoms with Crippen LogP contribution in [0.15, 0.2) is 30.9 Å². The molecule has 0 radical (unpaired) electrons. The van der Waals surface area contributed by atoms with E-state index in [1.165, 1.54) is 0 Å². The average molecular weight is 194 g/mol. The smallest absolute Gasteiger partial charge is 0.127 e. The first-order valence-corrected chi connectivity index (χ1v) is 4.27. The van der Waals surface area contributed by atoms with Crippen LogP contribution in [0.25, 0.3) is 0 Å². The number of rotatable bonds is 5. The largest absolute Gasteiger partial charge is 0.496 e.